The summed E-state index contributed by atoms with van der Waals surface area (Å²) < 4.78 is 61.4. The number of rotatable bonds is 9. The minimum absolute atomic E-state index is 0. The number of nitrogens with zero attached hydrogens (tertiary/aromatic N) is 4. The van der Waals surface area contributed by atoms with Crippen molar-refractivity contribution in [1.82, 2.24) is 14.0 Å². The zero-order chi connectivity index (χ0) is 51.0. The van der Waals surface area contributed by atoms with Crippen molar-refractivity contribution in [3.63, 3.8) is 0 Å². The maximum absolute atomic E-state index is 8.66. The fraction of sp³-hybridized carbons (Fsp3) is 0.0794. The van der Waals surface area contributed by atoms with Gasteiger partial charge in [-0.3, -0.25) is 8.97 Å². The Hall–Kier alpha value is -8.05. The summed E-state index contributed by atoms with van der Waals surface area (Å²) in [6, 6.07) is 60.8. The number of oxazole rings is 1. The Morgan fingerprint density at radius 3 is 1.97 bits per heavy atom. The van der Waals surface area contributed by atoms with Crippen molar-refractivity contribution in [2.75, 3.05) is 0 Å². The van der Waals surface area contributed by atoms with Gasteiger partial charge in [-0.2, -0.15) is 6.07 Å². The molecule has 4 aromatic heterocycles. The van der Waals surface area contributed by atoms with Crippen LogP contribution >= 0.6 is 0 Å². The molecule has 0 N–H and O–H groups in total. The first-order valence-electron chi connectivity index (χ1n) is 25.4. The first kappa shape index (κ1) is 38.9. The maximum atomic E-state index is 8.66. The molecule has 0 saturated heterocycles. The van der Waals surface area contributed by atoms with Crippen LogP contribution in [0.15, 0.2) is 211 Å². The van der Waals surface area contributed by atoms with Crippen molar-refractivity contribution in [2.24, 2.45) is 0 Å². The molecular formula is C63H46N4O2Pt-2. The molecule has 0 bridgehead atoms. The Labute approximate surface area is 429 Å². The second kappa shape index (κ2) is 18.1. The number of pyridine rings is 1. The molecule has 6 nitrogen and oxygen atoms in total. The summed E-state index contributed by atoms with van der Waals surface area (Å²) in [5, 5.41) is 1.96. The van der Waals surface area contributed by atoms with Gasteiger partial charge in [-0.25, -0.2) is 4.98 Å². The molecule has 0 saturated carbocycles. The topological polar surface area (TPSA) is 48.5 Å². The molecule has 0 amide bonds. The Bertz CT molecular complexity index is 4080. The third-order valence-corrected chi connectivity index (χ3v) is 12.7. The van der Waals surface area contributed by atoms with E-state index in [2.05, 4.69) is 141 Å². The fourth-order valence-corrected chi connectivity index (χ4v) is 9.29. The molecule has 0 aliphatic carbocycles. The van der Waals surface area contributed by atoms with Crippen LogP contribution in [-0.2, 0) is 26.5 Å². The SMILES string of the molecule is [2H]c1c([2H])c([2H])c(-c2cnc(-n3c4[c-]c(Oc5[c-]c(-c6coc7c(-c8ccccc8)[n+](-c8c(-c9ccccc9)cccc8-c8ccccc8)[c-]n67)ccc5)ccc4c4cc(C(C)(C)C)ccc43)cc2C)c([2H])c1[2H].[Pt]. The number of aryl methyl sites for hydroxylation is 1. The second-order valence-electron chi connectivity index (χ2n) is 18.1. The van der Waals surface area contributed by atoms with Gasteiger partial charge in [0.25, 0.3) is 6.33 Å². The molecule has 0 atom stereocenters. The molecular weight excluding hydrogens is 1040 g/mol. The fourth-order valence-electron chi connectivity index (χ4n) is 9.29. The van der Waals surface area contributed by atoms with Gasteiger partial charge in [-0.1, -0.05) is 189 Å². The summed E-state index contributed by atoms with van der Waals surface area (Å²) in [5.74, 6) is 1.50. The number of aromatic nitrogens is 4. The Balaban J connectivity index is 0.00000602. The smallest absolute Gasteiger partial charge is 0.272 e. The molecule has 0 fully saturated rings. The Kier molecular flexibility index (Phi) is 10.1. The van der Waals surface area contributed by atoms with Crippen molar-refractivity contribution >= 4 is 27.5 Å². The summed E-state index contributed by atoms with van der Waals surface area (Å²) in [6.45, 7) is 8.43. The van der Waals surface area contributed by atoms with E-state index in [9.17, 15) is 0 Å². The molecule has 8 aromatic carbocycles. The number of hydrogen-bond acceptors (Lipinski definition) is 3. The van der Waals surface area contributed by atoms with Gasteiger partial charge in [0.2, 0.25) is 5.71 Å². The average molecular weight is 1090 g/mol. The van der Waals surface area contributed by atoms with E-state index >= 15 is 0 Å². The van der Waals surface area contributed by atoms with Crippen molar-refractivity contribution in [2.45, 2.75) is 33.1 Å². The van der Waals surface area contributed by atoms with E-state index in [1.54, 1.807) is 12.5 Å². The number of benzene rings is 8. The molecule has 0 spiro atoms. The van der Waals surface area contributed by atoms with Gasteiger partial charge in [0.05, 0.1) is 24.5 Å². The second-order valence-corrected chi connectivity index (χ2v) is 18.1. The van der Waals surface area contributed by atoms with Crippen LogP contribution in [0.2, 0.25) is 0 Å². The van der Waals surface area contributed by atoms with Crippen LogP contribution in [0.3, 0.4) is 0 Å². The van der Waals surface area contributed by atoms with Gasteiger partial charge in [0.15, 0.2) is 0 Å². The third-order valence-electron chi connectivity index (χ3n) is 12.7. The predicted octanol–water partition coefficient (Wildman–Crippen LogP) is 15.4. The van der Waals surface area contributed by atoms with Crippen LogP contribution in [0.5, 0.6) is 11.5 Å². The van der Waals surface area contributed by atoms with Gasteiger partial charge in [0.1, 0.15) is 11.5 Å². The van der Waals surface area contributed by atoms with Crippen LogP contribution < -0.4 is 9.30 Å². The molecule has 0 aliphatic rings. The zero-order valence-corrected chi connectivity index (χ0v) is 40.9. The molecule has 342 valence electrons. The number of fused-ring (bicyclic) bond motifs is 4. The quantitative estimate of drug-likeness (QED) is 0.107. The standard InChI is InChI=1S/C63H46N4O2.Pt/c1-42-35-59(64-39-55(42)45-23-13-7-14-24-45)67-56-34-31-48(63(2,3)4)37-54(56)53-33-32-50(38-57(53)67)69-49-28-17-27-47(36-49)58-40-68-62-60(46-25-15-8-16-26-46)66(41-65(58)62)61-51(43-19-9-5-10-20-43)29-18-30-52(61)44-21-11-6-12-22-44;/h5-35,37,39-40H,1-4H3;/q-2;/i7D,13D,14D,23D,24D;. The Morgan fingerprint density at radius 2 is 1.30 bits per heavy atom. The molecule has 0 radical (unpaired) electrons. The molecule has 0 unspecified atom stereocenters. The van der Waals surface area contributed by atoms with E-state index < -0.39 is 18.1 Å². The first-order chi connectivity index (χ1) is 35.8. The van der Waals surface area contributed by atoms with Crippen molar-refractivity contribution < 1.29 is 41.6 Å². The van der Waals surface area contributed by atoms with Crippen molar-refractivity contribution in [3.8, 4) is 78.9 Å². The predicted molar refractivity (Wildman–Crippen MR) is 277 cm³/mol. The summed E-state index contributed by atoms with van der Waals surface area (Å²) in [5.41, 5.74) is 13.0. The summed E-state index contributed by atoms with van der Waals surface area (Å²) in [7, 11) is 0. The Morgan fingerprint density at radius 1 is 0.643 bits per heavy atom. The average Bonchev–Trinajstić information content (AvgIpc) is 4.12. The number of hydrogen-bond donors (Lipinski definition) is 0. The maximum Gasteiger partial charge on any atom is 0.272 e. The summed E-state index contributed by atoms with van der Waals surface area (Å²) >= 11 is 0. The van der Waals surface area contributed by atoms with Crippen LogP contribution in [0.1, 0.15) is 38.8 Å². The molecule has 12 aromatic rings. The molecule has 7 heteroatoms. The van der Waals surface area contributed by atoms with Crippen LogP contribution in [0.4, 0.5) is 0 Å². The largest absolute Gasteiger partial charge is 0.503 e. The van der Waals surface area contributed by atoms with Gasteiger partial charge in [-0.05, 0) is 74.4 Å². The summed E-state index contributed by atoms with van der Waals surface area (Å²) in [6.07, 6.45) is 7.06. The molecule has 4 heterocycles. The van der Waals surface area contributed by atoms with Crippen LogP contribution in [0, 0.1) is 25.4 Å². The minimum atomic E-state index is -0.438. The van der Waals surface area contributed by atoms with E-state index in [-0.39, 0.29) is 44.1 Å². The number of imidazole rings is 1. The monoisotopic (exact) mass is 1090 g/mol. The molecule has 70 heavy (non-hydrogen) atoms. The van der Waals surface area contributed by atoms with Gasteiger partial charge in [0, 0.05) is 49.8 Å². The number of ether oxygens (including phenoxy) is 1. The number of para-hydroxylation sites is 1. The molecule has 12 rings (SSSR count). The zero-order valence-electron chi connectivity index (χ0n) is 43.7. The van der Waals surface area contributed by atoms with E-state index in [0.717, 1.165) is 72.3 Å². The van der Waals surface area contributed by atoms with E-state index in [1.807, 2.05) is 82.6 Å². The van der Waals surface area contributed by atoms with Crippen LogP contribution in [-0.4, -0.2) is 14.0 Å². The minimum Gasteiger partial charge on any atom is -0.503 e. The van der Waals surface area contributed by atoms with E-state index in [1.165, 1.54) is 5.56 Å². The molecule has 0 aliphatic heterocycles. The van der Waals surface area contributed by atoms with Crippen molar-refractivity contribution in [1.29, 1.82) is 0 Å². The van der Waals surface area contributed by atoms with Gasteiger partial charge in [-0.15, -0.1) is 35.7 Å². The van der Waals surface area contributed by atoms with E-state index in [0.29, 0.717) is 34.2 Å². The normalized spacial score (nSPS) is 12.6. The van der Waals surface area contributed by atoms with Gasteiger partial charge < -0.3 is 13.7 Å². The first-order valence-corrected chi connectivity index (χ1v) is 22.9. The van der Waals surface area contributed by atoms with E-state index in [4.69, 9.17) is 21.0 Å². The van der Waals surface area contributed by atoms with Crippen LogP contribution in [0.25, 0.3) is 94.9 Å². The van der Waals surface area contributed by atoms with Crippen molar-refractivity contribution in [3.05, 3.63) is 236 Å². The third kappa shape index (κ3) is 7.94. The summed E-state index contributed by atoms with van der Waals surface area (Å²) in [4.78, 5) is 4.90. The van der Waals surface area contributed by atoms with Gasteiger partial charge >= 0.3 is 0 Å².